The predicted octanol–water partition coefficient (Wildman–Crippen LogP) is 4.58. The van der Waals surface area contributed by atoms with Gasteiger partial charge in [0.05, 0.1) is 5.69 Å². The number of rotatable bonds is 5. The summed E-state index contributed by atoms with van der Waals surface area (Å²) in [5, 5.41) is 6.10. The number of hydrogen-bond acceptors (Lipinski definition) is 4. The quantitative estimate of drug-likeness (QED) is 0.599. The Morgan fingerprint density at radius 1 is 1.26 bits per heavy atom. The SMILES string of the molecule is Cc1cc(C2CC2)nc(N(N=CC(C)C)c2cccc(F)c2)n1. The van der Waals surface area contributed by atoms with Gasteiger partial charge in [-0.1, -0.05) is 19.9 Å². The van der Waals surface area contributed by atoms with Gasteiger partial charge < -0.3 is 0 Å². The van der Waals surface area contributed by atoms with Crippen LogP contribution in [0.4, 0.5) is 16.0 Å². The number of hydrazone groups is 1. The Balaban J connectivity index is 2.04. The molecule has 1 aromatic carbocycles. The van der Waals surface area contributed by atoms with Crippen LogP contribution < -0.4 is 5.01 Å². The van der Waals surface area contributed by atoms with E-state index in [4.69, 9.17) is 0 Å². The van der Waals surface area contributed by atoms with Crippen LogP contribution in [0.15, 0.2) is 35.4 Å². The van der Waals surface area contributed by atoms with Crippen LogP contribution in [0.1, 0.15) is 44.0 Å². The fourth-order valence-corrected chi connectivity index (χ4v) is 2.30. The summed E-state index contributed by atoms with van der Waals surface area (Å²) in [6, 6.07) is 8.36. The molecule has 120 valence electrons. The van der Waals surface area contributed by atoms with E-state index in [1.165, 1.54) is 25.0 Å². The molecule has 2 aromatic rings. The first-order chi connectivity index (χ1) is 11.0. The molecule has 3 rings (SSSR count). The number of aryl methyl sites for hydroxylation is 1. The summed E-state index contributed by atoms with van der Waals surface area (Å²) in [6.07, 6.45) is 4.16. The third-order valence-electron chi connectivity index (χ3n) is 3.58. The van der Waals surface area contributed by atoms with Crippen molar-refractivity contribution >= 4 is 17.9 Å². The molecule has 1 aliphatic carbocycles. The minimum atomic E-state index is -0.303. The first-order valence-electron chi connectivity index (χ1n) is 7.98. The van der Waals surface area contributed by atoms with E-state index in [9.17, 15) is 4.39 Å². The van der Waals surface area contributed by atoms with Gasteiger partial charge in [0, 0.05) is 23.5 Å². The third-order valence-corrected chi connectivity index (χ3v) is 3.58. The standard InChI is InChI=1S/C18H21FN4/c1-12(2)11-20-23(16-6-4-5-15(19)10-16)18-21-13(3)9-17(22-18)14-7-8-14/h4-6,9-12,14H,7-8H2,1-3H3. The number of nitrogens with zero attached hydrogens (tertiary/aromatic N) is 4. The van der Waals surface area contributed by atoms with Crippen molar-refractivity contribution in [3.8, 4) is 0 Å². The molecule has 4 nitrogen and oxygen atoms in total. The highest BCUT2D eigenvalue weighted by molar-refractivity contribution is 5.66. The van der Waals surface area contributed by atoms with Crippen molar-refractivity contribution in [1.29, 1.82) is 0 Å². The van der Waals surface area contributed by atoms with E-state index in [1.54, 1.807) is 11.1 Å². The number of hydrogen-bond donors (Lipinski definition) is 0. The second kappa shape index (κ2) is 6.44. The Hall–Kier alpha value is -2.30. The second-order valence-electron chi connectivity index (χ2n) is 6.31. The highest BCUT2D eigenvalue weighted by Crippen LogP contribution is 2.40. The zero-order valence-corrected chi connectivity index (χ0v) is 13.7. The van der Waals surface area contributed by atoms with Crippen LogP contribution in [0.3, 0.4) is 0 Å². The average Bonchev–Trinajstić information content (AvgIpc) is 3.31. The Kier molecular flexibility index (Phi) is 4.37. The summed E-state index contributed by atoms with van der Waals surface area (Å²) < 4.78 is 13.6. The molecule has 1 fully saturated rings. The second-order valence-corrected chi connectivity index (χ2v) is 6.31. The van der Waals surface area contributed by atoms with E-state index >= 15 is 0 Å². The molecule has 0 aliphatic heterocycles. The van der Waals surface area contributed by atoms with Gasteiger partial charge >= 0.3 is 0 Å². The van der Waals surface area contributed by atoms with Crippen molar-refractivity contribution in [3.63, 3.8) is 0 Å². The van der Waals surface area contributed by atoms with Crippen molar-refractivity contribution < 1.29 is 4.39 Å². The third kappa shape index (κ3) is 3.92. The van der Waals surface area contributed by atoms with Gasteiger partial charge in [0.15, 0.2) is 0 Å². The molecule has 0 saturated heterocycles. The van der Waals surface area contributed by atoms with Crippen LogP contribution in [0.5, 0.6) is 0 Å². The molecule has 0 amide bonds. The van der Waals surface area contributed by atoms with E-state index in [2.05, 4.69) is 15.1 Å². The summed E-state index contributed by atoms with van der Waals surface area (Å²) in [6.45, 7) is 6.03. The number of anilines is 2. The van der Waals surface area contributed by atoms with Crippen LogP contribution in [0.2, 0.25) is 0 Å². The van der Waals surface area contributed by atoms with Gasteiger partial charge in [-0.3, -0.25) is 0 Å². The normalized spacial score (nSPS) is 14.7. The summed E-state index contributed by atoms with van der Waals surface area (Å²) in [5.41, 5.74) is 2.57. The monoisotopic (exact) mass is 312 g/mol. The molecule has 0 radical (unpaired) electrons. The molecule has 0 spiro atoms. The predicted molar refractivity (Wildman–Crippen MR) is 90.6 cm³/mol. The van der Waals surface area contributed by atoms with Gasteiger partial charge in [0.2, 0.25) is 0 Å². The maximum Gasteiger partial charge on any atom is 0.251 e. The molecule has 1 saturated carbocycles. The maximum absolute atomic E-state index is 13.6. The summed E-state index contributed by atoms with van der Waals surface area (Å²) in [4.78, 5) is 9.17. The van der Waals surface area contributed by atoms with Gasteiger partial charge in [-0.15, -0.1) is 0 Å². The minimum absolute atomic E-state index is 0.277. The molecule has 1 aliphatic rings. The molecule has 5 heteroatoms. The van der Waals surface area contributed by atoms with Crippen molar-refractivity contribution in [1.82, 2.24) is 9.97 Å². The Morgan fingerprint density at radius 2 is 2.04 bits per heavy atom. The van der Waals surface area contributed by atoms with E-state index in [0.29, 0.717) is 17.6 Å². The van der Waals surface area contributed by atoms with Crippen molar-refractivity contribution in [2.45, 2.75) is 39.5 Å². The Morgan fingerprint density at radius 3 is 2.70 bits per heavy atom. The van der Waals surface area contributed by atoms with Crippen molar-refractivity contribution in [3.05, 3.63) is 47.5 Å². The van der Waals surface area contributed by atoms with Crippen LogP contribution >= 0.6 is 0 Å². The average molecular weight is 312 g/mol. The maximum atomic E-state index is 13.6. The van der Waals surface area contributed by atoms with E-state index in [-0.39, 0.29) is 11.7 Å². The summed E-state index contributed by atoms with van der Waals surface area (Å²) in [7, 11) is 0. The van der Waals surface area contributed by atoms with Crippen molar-refractivity contribution in [2.75, 3.05) is 5.01 Å². The van der Waals surface area contributed by atoms with Gasteiger partial charge in [-0.05, 0) is 49.9 Å². The highest BCUT2D eigenvalue weighted by Gasteiger charge is 2.26. The zero-order chi connectivity index (χ0) is 16.4. The molecule has 0 atom stereocenters. The lowest BCUT2D eigenvalue weighted by atomic mass is 10.2. The van der Waals surface area contributed by atoms with Gasteiger partial charge in [0.1, 0.15) is 5.82 Å². The first-order valence-corrected chi connectivity index (χ1v) is 7.98. The molecule has 0 N–H and O–H groups in total. The largest absolute Gasteiger partial charge is 0.251 e. The fourth-order valence-electron chi connectivity index (χ4n) is 2.30. The van der Waals surface area contributed by atoms with Crippen LogP contribution in [0.25, 0.3) is 0 Å². The summed E-state index contributed by atoms with van der Waals surface area (Å²) >= 11 is 0. The Labute approximate surface area is 136 Å². The Bertz CT molecular complexity index is 723. The zero-order valence-electron chi connectivity index (χ0n) is 13.7. The smallest absolute Gasteiger partial charge is 0.216 e. The minimum Gasteiger partial charge on any atom is -0.216 e. The molecular formula is C18H21FN4. The molecule has 0 unspecified atom stereocenters. The topological polar surface area (TPSA) is 41.4 Å². The van der Waals surface area contributed by atoms with E-state index in [0.717, 1.165) is 11.4 Å². The van der Waals surface area contributed by atoms with Crippen LogP contribution in [-0.4, -0.2) is 16.2 Å². The van der Waals surface area contributed by atoms with Crippen LogP contribution in [0, 0.1) is 18.7 Å². The van der Waals surface area contributed by atoms with E-state index in [1.807, 2.05) is 39.1 Å². The lowest BCUT2D eigenvalue weighted by Crippen LogP contribution is -2.15. The first kappa shape index (κ1) is 15.6. The van der Waals surface area contributed by atoms with Crippen LogP contribution in [-0.2, 0) is 0 Å². The van der Waals surface area contributed by atoms with Gasteiger partial charge in [-0.25, -0.2) is 14.4 Å². The number of aromatic nitrogens is 2. The van der Waals surface area contributed by atoms with Gasteiger partial charge in [-0.2, -0.15) is 10.1 Å². The molecular weight excluding hydrogens is 291 g/mol. The summed E-state index contributed by atoms with van der Waals surface area (Å²) in [5.74, 6) is 0.995. The molecule has 1 aromatic heterocycles. The lowest BCUT2D eigenvalue weighted by Gasteiger charge is -2.18. The van der Waals surface area contributed by atoms with Gasteiger partial charge in [0.25, 0.3) is 5.95 Å². The number of benzene rings is 1. The van der Waals surface area contributed by atoms with Crippen molar-refractivity contribution in [2.24, 2.45) is 11.0 Å². The number of halogens is 1. The fraction of sp³-hybridized carbons (Fsp3) is 0.389. The lowest BCUT2D eigenvalue weighted by molar-refractivity contribution is 0.627. The molecule has 1 heterocycles. The highest BCUT2D eigenvalue weighted by atomic mass is 19.1. The van der Waals surface area contributed by atoms with E-state index < -0.39 is 0 Å². The molecule has 23 heavy (non-hydrogen) atoms. The molecule has 0 bridgehead atoms.